The highest BCUT2D eigenvalue weighted by molar-refractivity contribution is 7.13. The highest BCUT2D eigenvalue weighted by atomic mass is 32.1. The Morgan fingerprint density at radius 3 is 2.73 bits per heavy atom. The van der Waals surface area contributed by atoms with E-state index in [4.69, 9.17) is 4.74 Å². The monoisotopic (exact) mass is 317 g/mol. The summed E-state index contributed by atoms with van der Waals surface area (Å²) in [5.41, 5.74) is 1.20. The molecule has 0 unspecified atom stereocenters. The fraction of sp³-hybridized carbons (Fsp3) is 0.375. The van der Waals surface area contributed by atoms with E-state index in [9.17, 15) is 4.79 Å². The number of ether oxygens (including phenoxy) is 1. The van der Waals surface area contributed by atoms with Crippen LogP contribution in [0.3, 0.4) is 0 Å². The van der Waals surface area contributed by atoms with Gasteiger partial charge in [0.25, 0.3) is 0 Å². The van der Waals surface area contributed by atoms with Crippen molar-refractivity contribution in [2.24, 2.45) is 0 Å². The summed E-state index contributed by atoms with van der Waals surface area (Å²) < 4.78 is 5.50. The minimum Gasteiger partial charge on any atom is -0.381 e. The maximum Gasteiger partial charge on any atom is 0.321 e. The molecule has 2 amide bonds. The van der Waals surface area contributed by atoms with Crippen LogP contribution >= 0.6 is 11.3 Å². The van der Waals surface area contributed by atoms with Crippen molar-refractivity contribution in [1.29, 1.82) is 0 Å². The molecule has 1 saturated heterocycles. The predicted octanol–water partition coefficient (Wildman–Crippen LogP) is 3.01. The predicted molar refractivity (Wildman–Crippen MR) is 87.3 cm³/mol. The Kier molecular flexibility index (Phi) is 4.70. The molecule has 2 heterocycles. The second kappa shape index (κ2) is 6.89. The Labute approximate surface area is 133 Å². The van der Waals surface area contributed by atoms with Gasteiger partial charge in [-0.25, -0.2) is 9.78 Å². The smallest absolute Gasteiger partial charge is 0.321 e. The summed E-state index contributed by atoms with van der Waals surface area (Å²) in [7, 11) is 0. The van der Waals surface area contributed by atoms with E-state index in [1.807, 2.05) is 23.6 Å². The van der Waals surface area contributed by atoms with Gasteiger partial charge in [0.1, 0.15) is 0 Å². The van der Waals surface area contributed by atoms with Gasteiger partial charge in [0.15, 0.2) is 5.13 Å². The minimum absolute atomic E-state index is 0.0558. The second-order valence-corrected chi connectivity index (χ2v) is 6.30. The minimum atomic E-state index is -0.211. The molecule has 0 spiro atoms. The standard InChI is InChI=1S/C16H19N3O2S/c20-14(19-15-17-8-11-22-15)18-12-16(6-9-21-10-7-16)13-4-2-1-3-5-13/h1-5,8,11H,6-7,9-10,12H2,(H2,17,18,19,20). The Hall–Kier alpha value is -1.92. The van der Waals surface area contributed by atoms with Crippen LogP contribution in [0.15, 0.2) is 41.9 Å². The first-order chi connectivity index (χ1) is 10.8. The number of benzene rings is 1. The van der Waals surface area contributed by atoms with Gasteiger partial charge in [-0.3, -0.25) is 5.32 Å². The average molecular weight is 317 g/mol. The molecule has 6 heteroatoms. The number of anilines is 1. The lowest BCUT2D eigenvalue weighted by atomic mass is 9.74. The molecule has 0 bridgehead atoms. The molecule has 1 fully saturated rings. The zero-order valence-electron chi connectivity index (χ0n) is 12.2. The quantitative estimate of drug-likeness (QED) is 0.911. The van der Waals surface area contributed by atoms with E-state index in [0.717, 1.165) is 26.1 Å². The zero-order chi connectivity index (χ0) is 15.3. The molecular formula is C16H19N3O2S. The largest absolute Gasteiger partial charge is 0.381 e. The number of hydrogen-bond acceptors (Lipinski definition) is 4. The number of thiazole rings is 1. The van der Waals surface area contributed by atoms with E-state index in [0.29, 0.717) is 11.7 Å². The van der Waals surface area contributed by atoms with Crippen molar-refractivity contribution in [3.63, 3.8) is 0 Å². The van der Waals surface area contributed by atoms with Gasteiger partial charge in [-0.2, -0.15) is 0 Å². The molecule has 1 aromatic carbocycles. The first kappa shape index (κ1) is 15.0. The Morgan fingerprint density at radius 1 is 1.27 bits per heavy atom. The molecule has 22 heavy (non-hydrogen) atoms. The molecule has 5 nitrogen and oxygen atoms in total. The maximum absolute atomic E-state index is 12.0. The lowest BCUT2D eigenvalue weighted by molar-refractivity contribution is 0.0508. The normalized spacial score (nSPS) is 16.9. The Bertz CT molecular complexity index is 595. The first-order valence-corrected chi connectivity index (χ1v) is 8.24. The van der Waals surface area contributed by atoms with Gasteiger partial charge in [-0.15, -0.1) is 11.3 Å². The molecule has 1 aromatic heterocycles. The number of amides is 2. The first-order valence-electron chi connectivity index (χ1n) is 7.36. The van der Waals surface area contributed by atoms with E-state index in [1.165, 1.54) is 16.9 Å². The van der Waals surface area contributed by atoms with Gasteiger partial charge >= 0.3 is 6.03 Å². The number of nitrogens with one attached hydrogen (secondary N) is 2. The molecule has 116 valence electrons. The van der Waals surface area contributed by atoms with E-state index >= 15 is 0 Å². The van der Waals surface area contributed by atoms with E-state index in [2.05, 4.69) is 27.8 Å². The highest BCUT2D eigenvalue weighted by Crippen LogP contribution is 2.34. The van der Waals surface area contributed by atoms with Crippen molar-refractivity contribution in [2.45, 2.75) is 18.3 Å². The molecule has 3 rings (SSSR count). The fourth-order valence-corrected chi connectivity index (χ4v) is 3.32. The van der Waals surface area contributed by atoms with Gasteiger partial charge < -0.3 is 10.1 Å². The topological polar surface area (TPSA) is 63.2 Å². The van der Waals surface area contributed by atoms with Crippen molar-refractivity contribution in [1.82, 2.24) is 10.3 Å². The van der Waals surface area contributed by atoms with Crippen molar-refractivity contribution >= 4 is 22.5 Å². The van der Waals surface area contributed by atoms with E-state index in [1.54, 1.807) is 6.20 Å². The summed E-state index contributed by atoms with van der Waals surface area (Å²) >= 11 is 1.41. The number of urea groups is 1. The summed E-state index contributed by atoms with van der Waals surface area (Å²) in [6, 6.07) is 10.2. The van der Waals surface area contributed by atoms with Gasteiger partial charge in [0.2, 0.25) is 0 Å². The van der Waals surface area contributed by atoms with E-state index < -0.39 is 0 Å². The molecule has 0 saturated carbocycles. The third-order valence-electron chi connectivity index (χ3n) is 4.08. The van der Waals surface area contributed by atoms with Crippen LogP contribution in [0.2, 0.25) is 0 Å². The Balaban J connectivity index is 1.67. The molecule has 1 aliphatic heterocycles. The SMILES string of the molecule is O=C(NCC1(c2ccccc2)CCOCC1)Nc1nccs1. The Morgan fingerprint density at radius 2 is 2.05 bits per heavy atom. The van der Waals surface area contributed by atoms with Crippen LogP contribution in [0.4, 0.5) is 9.93 Å². The van der Waals surface area contributed by atoms with Crippen LogP contribution < -0.4 is 10.6 Å². The second-order valence-electron chi connectivity index (χ2n) is 5.40. The van der Waals surface area contributed by atoms with Crippen LogP contribution in [-0.4, -0.2) is 30.8 Å². The molecule has 1 aliphatic rings. The van der Waals surface area contributed by atoms with Crippen molar-refractivity contribution in [3.05, 3.63) is 47.5 Å². The number of carbonyl (C=O) groups is 1. The zero-order valence-corrected chi connectivity index (χ0v) is 13.1. The maximum atomic E-state index is 12.0. The summed E-state index contributed by atoms with van der Waals surface area (Å²) in [6.07, 6.45) is 3.49. The summed E-state index contributed by atoms with van der Waals surface area (Å²) in [5, 5.41) is 8.19. The van der Waals surface area contributed by atoms with Crippen molar-refractivity contribution < 1.29 is 9.53 Å². The number of nitrogens with zero attached hydrogens (tertiary/aromatic N) is 1. The number of rotatable bonds is 4. The molecule has 2 N–H and O–H groups in total. The van der Waals surface area contributed by atoms with Gasteiger partial charge in [0.05, 0.1) is 0 Å². The summed E-state index contributed by atoms with van der Waals surface area (Å²) in [5.74, 6) is 0. The fourth-order valence-electron chi connectivity index (χ4n) is 2.80. The van der Waals surface area contributed by atoms with Crippen LogP contribution in [-0.2, 0) is 10.2 Å². The van der Waals surface area contributed by atoms with Crippen LogP contribution in [0, 0.1) is 0 Å². The lowest BCUT2D eigenvalue weighted by Crippen LogP contribution is -2.45. The molecule has 2 aromatic rings. The number of aromatic nitrogens is 1. The van der Waals surface area contributed by atoms with Gasteiger partial charge in [-0.1, -0.05) is 30.3 Å². The molecular weight excluding hydrogens is 298 g/mol. The van der Waals surface area contributed by atoms with Crippen molar-refractivity contribution in [2.75, 3.05) is 25.1 Å². The van der Waals surface area contributed by atoms with Crippen LogP contribution in [0.5, 0.6) is 0 Å². The lowest BCUT2D eigenvalue weighted by Gasteiger charge is -2.37. The third kappa shape index (κ3) is 3.45. The summed E-state index contributed by atoms with van der Waals surface area (Å²) in [4.78, 5) is 16.1. The number of carbonyl (C=O) groups excluding carboxylic acids is 1. The van der Waals surface area contributed by atoms with Gasteiger partial charge in [0, 0.05) is 36.8 Å². The van der Waals surface area contributed by atoms with Crippen LogP contribution in [0.25, 0.3) is 0 Å². The van der Waals surface area contributed by atoms with Crippen LogP contribution in [0.1, 0.15) is 18.4 Å². The average Bonchev–Trinajstić information content (AvgIpc) is 3.08. The van der Waals surface area contributed by atoms with E-state index in [-0.39, 0.29) is 11.4 Å². The molecule has 0 aliphatic carbocycles. The van der Waals surface area contributed by atoms with Gasteiger partial charge in [-0.05, 0) is 18.4 Å². The highest BCUT2D eigenvalue weighted by Gasteiger charge is 2.34. The molecule has 0 atom stereocenters. The summed E-state index contributed by atoms with van der Waals surface area (Å²) in [6.45, 7) is 2.05. The molecule has 0 radical (unpaired) electrons. The third-order valence-corrected chi connectivity index (χ3v) is 4.76. The number of hydrogen-bond donors (Lipinski definition) is 2. The van der Waals surface area contributed by atoms with Crippen molar-refractivity contribution in [3.8, 4) is 0 Å².